The van der Waals surface area contributed by atoms with Gasteiger partial charge in [0.25, 0.3) is 0 Å². The first-order chi connectivity index (χ1) is 6.68. The summed E-state index contributed by atoms with van der Waals surface area (Å²) < 4.78 is 17.9. The molecule has 0 fully saturated rings. The van der Waals surface area contributed by atoms with Gasteiger partial charge in [0.2, 0.25) is 11.7 Å². The van der Waals surface area contributed by atoms with Crippen molar-refractivity contribution in [2.45, 2.75) is 19.1 Å². The molecule has 0 bridgehead atoms. The van der Waals surface area contributed by atoms with Crippen LogP contribution in [0.3, 0.4) is 0 Å². The van der Waals surface area contributed by atoms with Crippen molar-refractivity contribution in [3.63, 3.8) is 0 Å². The number of hydrogen-bond acceptors (Lipinski definition) is 3. The molecule has 2 rings (SSSR count). The second-order valence-electron chi connectivity index (χ2n) is 3.08. The molecule has 0 radical (unpaired) electrons. The van der Waals surface area contributed by atoms with Crippen LogP contribution in [0.15, 0.2) is 24.4 Å². The Morgan fingerprint density at radius 2 is 2.29 bits per heavy atom. The zero-order valence-corrected chi connectivity index (χ0v) is 7.27. The van der Waals surface area contributed by atoms with Gasteiger partial charge in [-0.3, -0.25) is 14.5 Å². The van der Waals surface area contributed by atoms with Crippen molar-refractivity contribution < 1.29 is 18.7 Å². The van der Waals surface area contributed by atoms with Crippen LogP contribution >= 0.6 is 0 Å². The SMILES string of the molecule is O=C1CC(=O)N([C@@H]2CC=CO2)C=C1F. The van der Waals surface area contributed by atoms with Crippen LogP contribution in [0.4, 0.5) is 4.39 Å². The molecule has 14 heavy (non-hydrogen) atoms. The molecule has 4 nitrogen and oxygen atoms in total. The van der Waals surface area contributed by atoms with Gasteiger partial charge in [-0.25, -0.2) is 4.39 Å². The van der Waals surface area contributed by atoms with Crippen molar-refractivity contribution in [2.24, 2.45) is 0 Å². The van der Waals surface area contributed by atoms with E-state index in [0.29, 0.717) is 6.42 Å². The fourth-order valence-corrected chi connectivity index (χ4v) is 1.38. The molecule has 5 heteroatoms. The maximum atomic E-state index is 12.9. The zero-order valence-electron chi connectivity index (χ0n) is 7.27. The smallest absolute Gasteiger partial charge is 0.237 e. The van der Waals surface area contributed by atoms with Crippen molar-refractivity contribution in [3.05, 3.63) is 24.4 Å². The molecule has 0 saturated heterocycles. The molecule has 0 spiro atoms. The van der Waals surface area contributed by atoms with E-state index in [9.17, 15) is 14.0 Å². The molecule has 0 N–H and O–H groups in total. The molecule has 0 aromatic rings. The van der Waals surface area contributed by atoms with E-state index in [1.165, 1.54) is 6.26 Å². The Morgan fingerprint density at radius 3 is 2.93 bits per heavy atom. The maximum absolute atomic E-state index is 12.9. The van der Waals surface area contributed by atoms with Gasteiger partial charge in [0.05, 0.1) is 18.9 Å². The van der Waals surface area contributed by atoms with Crippen LogP contribution in [0.1, 0.15) is 12.8 Å². The molecule has 2 heterocycles. The number of carbonyl (C=O) groups excluding carboxylic acids is 2. The molecule has 0 aromatic carbocycles. The molecule has 1 amide bonds. The molecular formula is C9H8FNO3. The van der Waals surface area contributed by atoms with E-state index in [1.807, 2.05) is 0 Å². The topological polar surface area (TPSA) is 46.6 Å². The number of rotatable bonds is 1. The Kier molecular flexibility index (Phi) is 2.07. The lowest BCUT2D eigenvalue weighted by Gasteiger charge is -2.26. The van der Waals surface area contributed by atoms with Crippen LogP contribution in [0.5, 0.6) is 0 Å². The van der Waals surface area contributed by atoms with E-state index < -0.39 is 30.2 Å². The summed E-state index contributed by atoms with van der Waals surface area (Å²) in [6.45, 7) is 0. The predicted octanol–water partition coefficient (Wildman–Crippen LogP) is 0.859. The van der Waals surface area contributed by atoms with Crippen LogP contribution in [-0.4, -0.2) is 22.8 Å². The highest BCUT2D eigenvalue weighted by Gasteiger charge is 2.31. The average molecular weight is 197 g/mol. The highest BCUT2D eigenvalue weighted by molar-refractivity contribution is 6.08. The number of nitrogens with zero attached hydrogens (tertiary/aromatic N) is 1. The summed E-state index contributed by atoms with van der Waals surface area (Å²) in [6.07, 6.45) is 3.71. The van der Waals surface area contributed by atoms with Crippen molar-refractivity contribution in [2.75, 3.05) is 0 Å². The molecular weight excluding hydrogens is 189 g/mol. The van der Waals surface area contributed by atoms with E-state index >= 15 is 0 Å². The lowest BCUT2D eigenvalue weighted by atomic mass is 10.1. The van der Waals surface area contributed by atoms with Gasteiger partial charge in [-0.15, -0.1) is 0 Å². The van der Waals surface area contributed by atoms with Gasteiger partial charge in [0, 0.05) is 6.42 Å². The summed E-state index contributed by atoms with van der Waals surface area (Å²) >= 11 is 0. The fourth-order valence-electron chi connectivity index (χ4n) is 1.38. The van der Waals surface area contributed by atoms with Crippen molar-refractivity contribution in [3.8, 4) is 0 Å². The number of amides is 1. The van der Waals surface area contributed by atoms with E-state index in [4.69, 9.17) is 4.74 Å². The van der Waals surface area contributed by atoms with E-state index in [0.717, 1.165) is 11.1 Å². The molecule has 1 atom stereocenters. The van der Waals surface area contributed by atoms with Crippen LogP contribution < -0.4 is 0 Å². The number of ketones is 1. The molecule has 0 saturated carbocycles. The van der Waals surface area contributed by atoms with Gasteiger partial charge in [-0.1, -0.05) is 0 Å². The molecule has 0 aromatic heterocycles. The first-order valence-corrected chi connectivity index (χ1v) is 4.20. The second-order valence-corrected chi connectivity index (χ2v) is 3.08. The third kappa shape index (κ3) is 1.41. The monoisotopic (exact) mass is 197 g/mol. The Balaban J connectivity index is 2.18. The van der Waals surface area contributed by atoms with Crippen LogP contribution in [-0.2, 0) is 14.3 Å². The van der Waals surface area contributed by atoms with Crippen LogP contribution in [0, 0.1) is 0 Å². The van der Waals surface area contributed by atoms with Gasteiger partial charge >= 0.3 is 0 Å². The minimum atomic E-state index is -0.889. The number of allylic oxidation sites excluding steroid dienone is 1. The molecule has 2 aliphatic rings. The standard InChI is InChI=1S/C9H8FNO3/c10-6-5-11(8(13)4-7(6)12)9-2-1-3-14-9/h1,3,5,9H,2,4H2/t9-/m0/s1. The first kappa shape index (κ1) is 8.93. The zero-order chi connectivity index (χ0) is 10.1. The van der Waals surface area contributed by atoms with Gasteiger partial charge in [-0.05, 0) is 6.08 Å². The van der Waals surface area contributed by atoms with Gasteiger partial charge in [0.1, 0.15) is 0 Å². The van der Waals surface area contributed by atoms with Crippen molar-refractivity contribution in [1.82, 2.24) is 4.90 Å². The Bertz CT molecular complexity index is 340. The number of hydrogen-bond donors (Lipinski definition) is 0. The minimum absolute atomic E-state index is 0.414. The van der Waals surface area contributed by atoms with Crippen LogP contribution in [0.2, 0.25) is 0 Å². The molecule has 74 valence electrons. The van der Waals surface area contributed by atoms with E-state index in [2.05, 4.69) is 0 Å². The summed E-state index contributed by atoms with van der Waals surface area (Å²) in [4.78, 5) is 23.3. The van der Waals surface area contributed by atoms with Gasteiger partial charge < -0.3 is 4.74 Å². The fraction of sp³-hybridized carbons (Fsp3) is 0.333. The van der Waals surface area contributed by atoms with E-state index in [1.54, 1.807) is 6.08 Å². The van der Waals surface area contributed by atoms with Crippen LogP contribution in [0.25, 0.3) is 0 Å². The maximum Gasteiger partial charge on any atom is 0.237 e. The largest absolute Gasteiger partial charge is 0.478 e. The normalized spacial score (nSPS) is 26.5. The first-order valence-electron chi connectivity index (χ1n) is 4.20. The van der Waals surface area contributed by atoms with Crippen molar-refractivity contribution >= 4 is 11.7 Å². The third-order valence-corrected chi connectivity index (χ3v) is 2.10. The summed E-state index contributed by atoms with van der Waals surface area (Å²) in [5, 5.41) is 0. The highest BCUT2D eigenvalue weighted by atomic mass is 19.1. The van der Waals surface area contributed by atoms with Gasteiger partial charge in [-0.2, -0.15) is 0 Å². The molecule has 0 unspecified atom stereocenters. The number of carbonyl (C=O) groups is 2. The number of ether oxygens (including phenoxy) is 1. The lowest BCUT2D eigenvalue weighted by Crippen LogP contribution is -2.39. The summed E-state index contributed by atoms with van der Waals surface area (Å²) in [5.41, 5.74) is 0. The quantitative estimate of drug-likeness (QED) is 0.585. The second kappa shape index (κ2) is 3.25. The van der Waals surface area contributed by atoms with Crippen molar-refractivity contribution in [1.29, 1.82) is 0 Å². The number of Topliss-reactive ketones (excluding diaryl/α,β-unsaturated/α-hetero) is 1. The lowest BCUT2D eigenvalue weighted by molar-refractivity contribution is -0.140. The number of halogens is 1. The average Bonchev–Trinajstić information content (AvgIpc) is 2.64. The highest BCUT2D eigenvalue weighted by Crippen LogP contribution is 2.21. The minimum Gasteiger partial charge on any atom is -0.478 e. The Hall–Kier alpha value is -1.65. The third-order valence-electron chi connectivity index (χ3n) is 2.10. The Morgan fingerprint density at radius 1 is 1.50 bits per heavy atom. The molecule has 2 aliphatic heterocycles. The summed E-state index contributed by atoms with van der Waals surface area (Å²) in [7, 11) is 0. The predicted molar refractivity (Wildman–Crippen MR) is 44.3 cm³/mol. The Labute approximate surface area is 79.6 Å². The van der Waals surface area contributed by atoms with Gasteiger partial charge in [0.15, 0.2) is 12.1 Å². The summed E-state index contributed by atoms with van der Waals surface area (Å²) in [5.74, 6) is -2.08. The summed E-state index contributed by atoms with van der Waals surface area (Å²) in [6, 6.07) is 0. The van der Waals surface area contributed by atoms with E-state index in [-0.39, 0.29) is 0 Å². The molecule has 0 aliphatic carbocycles.